The van der Waals surface area contributed by atoms with Crippen LogP contribution in [0, 0.1) is 0 Å². The molecule has 2 N–H and O–H groups in total. The van der Waals surface area contributed by atoms with E-state index in [2.05, 4.69) is 50.5 Å². The minimum Gasteiger partial charge on any atom is -0.353 e. The molecule has 1 aromatic carbocycles. The Kier molecular flexibility index (Phi) is 3.79. The van der Waals surface area contributed by atoms with E-state index < -0.39 is 0 Å². The smallest absolute Gasteiger partial charge is 0.200 e. The lowest BCUT2D eigenvalue weighted by molar-refractivity contribution is 0.211. The zero-order chi connectivity index (χ0) is 12.9. The third-order valence-electron chi connectivity index (χ3n) is 3.68. The fourth-order valence-electron chi connectivity index (χ4n) is 2.61. The molecule has 1 aliphatic rings. The number of rotatable bonds is 4. The normalized spacial score (nSPS) is 17.5. The largest absolute Gasteiger partial charge is 0.353 e. The fourth-order valence-corrected chi connectivity index (χ4v) is 2.61. The Balaban J connectivity index is 1.47. The van der Waals surface area contributed by atoms with Crippen molar-refractivity contribution in [3.8, 4) is 0 Å². The van der Waals surface area contributed by atoms with Gasteiger partial charge in [0, 0.05) is 38.1 Å². The monoisotopic (exact) mass is 256 g/mol. The van der Waals surface area contributed by atoms with Crippen molar-refractivity contribution in [1.29, 1.82) is 0 Å². The predicted molar refractivity (Wildman–Crippen MR) is 77.0 cm³/mol. The first-order chi connectivity index (χ1) is 9.40. The molecule has 4 nitrogen and oxygen atoms in total. The molecule has 19 heavy (non-hydrogen) atoms. The molecular weight excluding hydrogens is 236 g/mol. The van der Waals surface area contributed by atoms with Crippen LogP contribution < -0.4 is 5.32 Å². The second-order valence-corrected chi connectivity index (χ2v) is 5.12. The molecule has 3 rings (SSSR count). The van der Waals surface area contributed by atoms with Crippen LogP contribution in [-0.2, 0) is 6.54 Å². The van der Waals surface area contributed by atoms with Crippen molar-refractivity contribution < 1.29 is 0 Å². The lowest BCUT2D eigenvalue weighted by Crippen LogP contribution is -2.38. The first kappa shape index (κ1) is 12.2. The highest BCUT2D eigenvalue weighted by Crippen LogP contribution is 2.16. The maximum Gasteiger partial charge on any atom is 0.200 e. The maximum atomic E-state index is 4.22. The minimum absolute atomic E-state index is 0.540. The number of benzene rings is 1. The highest BCUT2D eigenvalue weighted by atomic mass is 15.2. The summed E-state index contributed by atoms with van der Waals surface area (Å²) in [4.78, 5) is 9.84. The van der Waals surface area contributed by atoms with Gasteiger partial charge in [-0.2, -0.15) is 0 Å². The molecule has 1 aliphatic heterocycles. The standard InChI is InChI=1S/C15H20N4/c1-2-4-13(5-3-1)12-19-10-6-14(7-11-19)18-15-16-8-9-17-15/h1-5,8-9,14H,6-7,10-12H2,(H2,16,17,18). The SMILES string of the molecule is c1ccc(CN2CCC(Nc3ncc[nH]3)CC2)cc1. The molecule has 0 unspecified atom stereocenters. The molecule has 0 saturated carbocycles. The minimum atomic E-state index is 0.540. The van der Waals surface area contributed by atoms with Gasteiger partial charge in [-0.25, -0.2) is 4.98 Å². The number of anilines is 1. The molecule has 0 aliphatic carbocycles. The van der Waals surface area contributed by atoms with E-state index in [1.165, 1.54) is 18.4 Å². The van der Waals surface area contributed by atoms with Crippen LogP contribution >= 0.6 is 0 Å². The van der Waals surface area contributed by atoms with Crippen molar-refractivity contribution in [1.82, 2.24) is 14.9 Å². The Bertz CT molecular complexity index is 472. The van der Waals surface area contributed by atoms with Crippen molar-refractivity contribution in [3.05, 3.63) is 48.3 Å². The molecular formula is C15H20N4. The van der Waals surface area contributed by atoms with Gasteiger partial charge in [0.25, 0.3) is 0 Å². The molecule has 1 aromatic heterocycles. The lowest BCUT2D eigenvalue weighted by Gasteiger charge is -2.32. The Morgan fingerprint density at radius 1 is 1.21 bits per heavy atom. The number of nitrogens with zero attached hydrogens (tertiary/aromatic N) is 2. The summed E-state index contributed by atoms with van der Waals surface area (Å²) in [6.07, 6.45) is 5.99. The summed E-state index contributed by atoms with van der Waals surface area (Å²) in [5.41, 5.74) is 1.40. The van der Waals surface area contributed by atoms with Crippen molar-refractivity contribution in [2.24, 2.45) is 0 Å². The Morgan fingerprint density at radius 2 is 2.00 bits per heavy atom. The summed E-state index contributed by atoms with van der Waals surface area (Å²) in [6.45, 7) is 3.36. The zero-order valence-corrected chi connectivity index (χ0v) is 11.0. The number of hydrogen-bond donors (Lipinski definition) is 2. The van der Waals surface area contributed by atoms with E-state index in [9.17, 15) is 0 Å². The Morgan fingerprint density at radius 3 is 2.68 bits per heavy atom. The van der Waals surface area contributed by atoms with Crippen LogP contribution in [0.1, 0.15) is 18.4 Å². The van der Waals surface area contributed by atoms with Crippen LogP contribution in [0.15, 0.2) is 42.7 Å². The molecule has 0 atom stereocenters. The number of aromatic amines is 1. The van der Waals surface area contributed by atoms with E-state index in [0.29, 0.717) is 6.04 Å². The van der Waals surface area contributed by atoms with Crippen LogP contribution in [0.2, 0.25) is 0 Å². The summed E-state index contributed by atoms with van der Waals surface area (Å²) in [5.74, 6) is 0.890. The lowest BCUT2D eigenvalue weighted by atomic mass is 10.0. The first-order valence-corrected chi connectivity index (χ1v) is 6.92. The third kappa shape index (κ3) is 3.35. The van der Waals surface area contributed by atoms with Gasteiger partial charge in [0.05, 0.1) is 0 Å². The van der Waals surface area contributed by atoms with E-state index in [1.807, 2.05) is 6.20 Å². The summed E-state index contributed by atoms with van der Waals surface area (Å²) in [6, 6.07) is 11.2. The molecule has 2 aromatic rings. The molecule has 0 spiro atoms. The average molecular weight is 256 g/mol. The zero-order valence-electron chi connectivity index (χ0n) is 11.0. The van der Waals surface area contributed by atoms with Crippen molar-refractivity contribution >= 4 is 5.95 Å². The third-order valence-corrected chi connectivity index (χ3v) is 3.68. The van der Waals surface area contributed by atoms with E-state index >= 15 is 0 Å². The number of imidazole rings is 1. The summed E-state index contributed by atoms with van der Waals surface area (Å²) >= 11 is 0. The predicted octanol–water partition coefficient (Wildman–Crippen LogP) is 2.49. The number of piperidine rings is 1. The van der Waals surface area contributed by atoms with Gasteiger partial charge in [-0.15, -0.1) is 0 Å². The van der Waals surface area contributed by atoms with E-state index in [0.717, 1.165) is 25.6 Å². The highest BCUT2D eigenvalue weighted by molar-refractivity contribution is 5.25. The topological polar surface area (TPSA) is 44.0 Å². The van der Waals surface area contributed by atoms with Crippen LogP contribution in [0.5, 0.6) is 0 Å². The Labute approximate surface area is 113 Å². The average Bonchev–Trinajstić information content (AvgIpc) is 2.95. The van der Waals surface area contributed by atoms with Crippen molar-refractivity contribution in [2.75, 3.05) is 18.4 Å². The number of hydrogen-bond acceptors (Lipinski definition) is 3. The summed E-state index contributed by atoms with van der Waals surface area (Å²) in [5, 5.41) is 3.45. The van der Waals surface area contributed by atoms with Gasteiger partial charge in [0.2, 0.25) is 0 Å². The van der Waals surface area contributed by atoms with Gasteiger partial charge in [-0.3, -0.25) is 4.90 Å². The van der Waals surface area contributed by atoms with Gasteiger partial charge in [0.15, 0.2) is 5.95 Å². The van der Waals surface area contributed by atoms with Crippen molar-refractivity contribution in [2.45, 2.75) is 25.4 Å². The highest BCUT2D eigenvalue weighted by Gasteiger charge is 2.19. The number of H-pyrrole nitrogens is 1. The van der Waals surface area contributed by atoms with Crippen LogP contribution in [-0.4, -0.2) is 34.0 Å². The summed E-state index contributed by atoms with van der Waals surface area (Å²) < 4.78 is 0. The molecule has 2 heterocycles. The van der Waals surface area contributed by atoms with Crippen LogP contribution in [0.3, 0.4) is 0 Å². The maximum absolute atomic E-state index is 4.22. The van der Waals surface area contributed by atoms with Gasteiger partial charge in [-0.1, -0.05) is 30.3 Å². The van der Waals surface area contributed by atoms with Gasteiger partial charge >= 0.3 is 0 Å². The van der Waals surface area contributed by atoms with Gasteiger partial charge in [-0.05, 0) is 18.4 Å². The second-order valence-electron chi connectivity index (χ2n) is 5.12. The first-order valence-electron chi connectivity index (χ1n) is 6.92. The van der Waals surface area contributed by atoms with E-state index in [-0.39, 0.29) is 0 Å². The number of aromatic nitrogens is 2. The Hall–Kier alpha value is -1.81. The van der Waals surface area contributed by atoms with Crippen LogP contribution in [0.4, 0.5) is 5.95 Å². The molecule has 0 radical (unpaired) electrons. The quantitative estimate of drug-likeness (QED) is 0.883. The van der Waals surface area contributed by atoms with Crippen molar-refractivity contribution in [3.63, 3.8) is 0 Å². The van der Waals surface area contributed by atoms with Gasteiger partial charge in [0.1, 0.15) is 0 Å². The van der Waals surface area contributed by atoms with Gasteiger partial charge < -0.3 is 10.3 Å². The summed E-state index contributed by atoms with van der Waals surface area (Å²) in [7, 11) is 0. The molecule has 1 saturated heterocycles. The van der Waals surface area contributed by atoms with E-state index in [1.54, 1.807) is 6.20 Å². The number of nitrogens with one attached hydrogen (secondary N) is 2. The fraction of sp³-hybridized carbons (Fsp3) is 0.400. The molecule has 0 amide bonds. The van der Waals surface area contributed by atoms with E-state index in [4.69, 9.17) is 0 Å². The molecule has 4 heteroatoms. The molecule has 0 bridgehead atoms. The molecule has 100 valence electrons. The number of likely N-dealkylation sites (tertiary alicyclic amines) is 1. The second kappa shape index (κ2) is 5.89. The van der Waals surface area contributed by atoms with Crippen LogP contribution in [0.25, 0.3) is 0 Å². The molecule has 1 fully saturated rings.